The molecule has 2 aliphatic rings. The van der Waals surface area contributed by atoms with E-state index in [-0.39, 0.29) is 29.0 Å². The Balaban J connectivity index is 1.80. The van der Waals surface area contributed by atoms with Crippen LogP contribution in [0.2, 0.25) is 0 Å². The maximum absolute atomic E-state index is 14.8. The number of nitrogens with zero attached hydrogens (tertiary/aromatic N) is 2. The highest BCUT2D eigenvalue weighted by molar-refractivity contribution is 6.46. The molecule has 2 aliphatic heterocycles. The molecule has 0 spiro atoms. The number of hydrogen-bond acceptors (Lipinski definition) is 6. The summed E-state index contributed by atoms with van der Waals surface area (Å²) in [6.45, 7) is 3.07. The van der Waals surface area contributed by atoms with Crippen LogP contribution in [-0.2, 0) is 14.3 Å². The van der Waals surface area contributed by atoms with E-state index in [4.69, 9.17) is 9.47 Å². The lowest BCUT2D eigenvalue weighted by Gasteiger charge is -2.31. The number of aliphatic hydroxyl groups is 1. The lowest BCUT2D eigenvalue weighted by Crippen LogP contribution is -2.42. The second-order valence-corrected chi connectivity index (χ2v) is 7.81. The van der Waals surface area contributed by atoms with Gasteiger partial charge in [-0.05, 0) is 24.3 Å². The molecule has 1 unspecified atom stereocenters. The van der Waals surface area contributed by atoms with Gasteiger partial charge < -0.3 is 19.5 Å². The van der Waals surface area contributed by atoms with Crippen LogP contribution in [0.1, 0.15) is 17.2 Å². The molecule has 7 nitrogen and oxygen atoms in total. The monoisotopic (exact) mass is 458 g/mol. The van der Waals surface area contributed by atoms with Crippen LogP contribution >= 0.6 is 0 Å². The summed E-state index contributed by atoms with van der Waals surface area (Å²) < 4.78 is 39.3. The molecule has 0 radical (unpaired) electrons. The number of morpholine rings is 1. The van der Waals surface area contributed by atoms with Gasteiger partial charge >= 0.3 is 0 Å². The van der Waals surface area contributed by atoms with Crippen LogP contribution in [0.3, 0.4) is 0 Å². The molecule has 0 saturated carbocycles. The maximum atomic E-state index is 14.8. The predicted molar refractivity (Wildman–Crippen MR) is 116 cm³/mol. The Kier molecular flexibility index (Phi) is 6.71. The number of ketones is 1. The van der Waals surface area contributed by atoms with E-state index in [1.54, 1.807) is 6.07 Å². The second-order valence-electron chi connectivity index (χ2n) is 7.81. The quantitative estimate of drug-likeness (QED) is 0.408. The normalized spacial score (nSPS) is 20.9. The first-order valence-corrected chi connectivity index (χ1v) is 10.6. The summed E-state index contributed by atoms with van der Waals surface area (Å²) in [5, 5.41) is 11.1. The van der Waals surface area contributed by atoms with Gasteiger partial charge in [0.2, 0.25) is 0 Å². The minimum atomic E-state index is -1.17. The van der Waals surface area contributed by atoms with Gasteiger partial charge in [-0.1, -0.05) is 18.2 Å². The molecular formula is C24H24F2N2O5. The largest absolute Gasteiger partial charge is 0.507 e. The number of hydrogen-bond donors (Lipinski definition) is 1. The third-order valence-corrected chi connectivity index (χ3v) is 5.92. The summed E-state index contributed by atoms with van der Waals surface area (Å²) in [6.07, 6.45) is 0. The molecule has 2 fully saturated rings. The zero-order chi connectivity index (χ0) is 23.5. The number of rotatable bonds is 6. The van der Waals surface area contributed by atoms with E-state index in [2.05, 4.69) is 4.90 Å². The van der Waals surface area contributed by atoms with E-state index in [0.29, 0.717) is 32.8 Å². The first-order valence-electron chi connectivity index (χ1n) is 10.6. The topological polar surface area (TPSA) is 79.3 Å². The van der Waals surface area contributed by atoms with Crippen molar-refractivity contribution in [2.24, 2.45) is 0 Å². The van der Waals surface area contributed by atoms with Gasteiger partial charge in [0.1, 0.15) is 23.1 Å². The van der Waals surface area contributed by atoms with Crippen molar-refractivity contribution < 1.29 is 33.0 Å². The molecule has 9 heteroatoms. The number of halogens is 2. The van der Waals surface area contributed by atoms with Crippen molar-refractivity contribution in [1.29, 1.82) is 0 Å². The zero-order valence-corrected chi connectivity index (χ0v) is 18.1. The molecule has 2 aromatic rings. The molecule has 2 aromatic carbocycles. The first kappa shape index (κ1) is 22.9. The molecule has 0 bridgehead atoms. The van der Waals surface area contributed by atoms with E-state index in [1.165, 1.54) is 36.3 Å². The van der Waals surface area contributed by atoms with Crippen LogP contribution < -0.4 is 4.74 Å². The molecule has 0 aliphatic carbocycles. The molecule has 1 N–H and O–H groups in total. The van der Waals surface area contributed by atoms with E-state index in [0.717, 1.165) is 12.1 Å². The summed E-state index contributed by atoms with van der Waals surface area (Å²) in [4.78, 5) is 29.4. The van der Waals surface area contributed by atoms with Gasteiger partial charge in [-0.25, -0.2) is 8.78 Å². The molecule has 2 heterocycles. The van der Waals surface area contributed by atoms with Crippen molar-refractivity contribution in [3.05, 3.63) is 70.8 Å². The summed E-state index contributed by atoms with van der Waals surface area (Å²) in [5.41, 5.74) is -0.336. The number of carbonyl (C=O) groups is 2. The second kappa shape index (κ2) is 9.68. The third-order valence-electron chi connectivity index (χ3n) is 5.92. The van der Waals surface area contributed by atoms with E-state index < -0.39 is 35.1 Å². The van der Waals surface area contributed by atoms with Crippen molar-refractivity contribution in [2.45, 2.75) is 6.04 Å². The average molecular weight is 458 g/mol. The van der Waals surface area contributed by atoms with Crippen LogP contribution in [0.4, 0.5) is 8.78 Å². The lowest BCUT2D eigenvalue weighted by atomic mass is 9.94. The Morgan fingerprint density at radius 1 is 1.12 bits per heavy atom. The molecular weight excluding hydrogens is 434 g/mol. The highest BCUT2D eigenvalue weighted by Crippen LogP contribution is 2.41. The van der Waals surface area contributed by atoms with Crippen molar-refractivity contribution in [3.63, 3.8) is 0 Å². The lowest BCUT2D eigenvalue weighted by molar-refractivity contribution is -0.140. The van der Waals surface area contributed by atoms with Gasteiger partial charge in [0.25, 0.3) is 11.7 Å². The van der Waals surface area contributed by atoms with Gasteiger partial charge in [0, 0.05) is 31.7 Å². The fourth-order valence-electron chi connectivity index (χ4n) is 4.22. The highest BCUT2D eigenvalue weighted by Gasteiger charge is 2.47. The van der Waals surface area contributed by atoms with Gasteiger partial charge in [-0.3, -0.25) is 14.5 Å². The van der Waals surface area contributed by atoms with Gasteiger partial charge in [0.05, 0.1) is 37.5 Å². The summed E-state index contributed by atoms with van der Waals surface area (Å²) in [5.74, 6) is -3.62. The molecule has 174 valence electrons. The first-order chi connectivity index (χ1) is 15.9. The third kappa shape index (κ3) is 4.46. The molecule has 1 amide bonds. The minimum Gasteiger partial charge on any atom is -0.507 e. The number of amides is 1. The number of Topliss-reactive ketones (excluding diaryl/α,β-unsaturated/α-hetero) is 1. The Hall–Kier alpha value is -3.30. The minimum absolute atomic E-state index is 0.0654. The number of benzene rings is 2. The Labute approximate surface area is 189 Å². The van der Waals surface area contributed by atoms with Crippen molar-refractivity contribution in [1.82, 2.24) is 9.80 Å². The average Bonchev–Trinajstić information content (AvgIpc) is 3.08. The SMILES string of the molecule is COc1ccc(F)cc1/C(O)=C1\C(=O)C(=O)N(CCN2CCOCC2)C1c1ccccc1F. The standard InChI is InChI=1S/C24H24F2N2O5/c1-32-19-7-6-15(25)14-17(19)22(29)20-21(16-4-2-3-5-18(16)26)28(24(31)23(20)30)9-8-27-10-12-33-13-11-27/h2-7,14,21,29H,8-13H2,1H3/b22-20+. The van der Waals surface area contributed by atoms with E-state index >= 15 is 0 Å². The summed E-state index contributed by atoms with van der Waals surface area (Å²) in [7, 11) is 1.33. The van der Waals surface area contributed by atoms with Crippen molar-refractivity contribution in [3.8, 4) is 5.75 Å². The predicted octanol–water partition coefficient (Wildman–Crippen LogP) is 2.73. The van der Waals surface area contributed by atoms with Crippen LogP contribution in [-0.4, -0.2) is 73.1 Å². The smallest absolute Gasteiger partial charge is 0.295 e. The van der Waals surface area contributed by atoms with Gasteiger partial charge in [-0.15, -0.1) is 0 Å². The molecule has 0 aromatic heterocycles. The molecule has 2 saturated heterocycles. The summed E-state index contributed by atoms with van der Waals surface area (Å²) in [6, 6.07) is 8.05. The summed E-state index contributed by atoms with van der Waals surface area (Å²) >= 11 is 0. The molecule has 1 atom stereocenters. The molecule has 4 rings (SSSR count). The number of methoxy groups -OCH3 is 1. The van der Waals surface area contributed by atoms with Crippen LogP contribution in [0, 0.1) is 11.6 Å². The molecule has 33 heavy (non-hydrogen) atoms. The van der Waals surface area contributed by atoms with Crippen LogP contribution in [0.5, 0.6) is 5.75 Å². The number of carbonyl (C=O) groups excluding carboxylic acids is 2. The number of ether oxygens (including phenoxy) is 2. The Morgan fingerprint density at radius 2 is 1.85 bits per heavy atom. The van der Waals surface area contributed by atoms with Crippen molar-refractivity contribution in [2.75, 3.05) is 46.5 Å². The van der Waals surface area contributed by atoms with Crippen molar-refractivity contribution >= 4 is 17.4 Å². The maximum Gasteiger partial charge on any atom is 0.295 e. The van der Waals surface area contributed by atoms with Gasteiger partial charge in [0.15, 0.2) is 0 Å². The van der Waals surface area contributed by atoms with E-state index in [9.17, 15) is 23.5 Å². The van der Waals surface area contributed by atoms with E-state index in [1.807, 2.05) is 0 Å². The van der Waals surface area contributed by atoms with Crippen LogP contribution in [0.25, 0.3) is 5.76 Å². The zero-order valence-electron chi connectivity index (χ0n) is 18.1. The number of likely N-dealkylation sites (tertiary alicyclic amines) is 1. The van der Waals surface area contributed by atoms with Crippen LogP contribution in [0.15, 0.2) is 48.0 Å². The Morgan fingerprint density at radius 3 is 2.55 bits per heavy atom. The Bertz CT molecular complexity index is 1100. The number of aliphatic hydroxyl groups excluding tert-OH is 1. The fraction of sp³-hybridized carbons (Fsp3) is 0.333. The highest BCUT2D eigenvalue weighted by atomic mass is 19.1. The fourth-order valence-corrected chi connectivity index (χ4v) is 4.22. The van der Waals surface area contributed by atoms with Gasteiger partial charge in [-0.2, -0.15) is 0 Å².